The number of urea groups is 2. The number of hydrogen-bond acceptors (Lipinski definition) is 8. The van der Waals surface area contributed by atoms with Crippen molar-refractivity contribution >= 4 is 24.0 Å². The lowest BCUT2D eigenvalue weighted by molar-refractivity contribution is -0.139. The molecule has 1 atom stereocenters. The highest BCUT2D eigenvalue weighted by molar-refractivity contribution is 6.01. The van der Waals surface area contributed by atoms with Crippen LogP contribution in [0.3, 0.4) is 0 Å². The Hall–Kier alpha value is -4.56. The molecular formula is C33H38F2N4O8. The summed E-state index contributed by atoms with van der Waals surface area (Å²) in [5.41, 5.74) is 0.934. The zero-order valence-corrected chi connectivity index (χ0v) is 26.2. The Kier molecular flexibility index (Phi) is 10.7. The van der Waals surface area contributed by atoms with Crippen LogP contribution in [-0.2, 0) is 19.1 Å². The molecule has 2 fully saturated rings. The van der Waals surface area contributed by atoms with Gasteiger partial charge in [0.2, 0.25) is 0 Å². The Bertz CT molecular complexity index is 1540. The highest BCUT2D eigenvalue weighted by atomic mass is 19.2. The monoisotopic (exact) mass is 656 g/mol. The molecule has 5 rings (SSSR count). The van der Waals surface area contributed by atoms with Crippen molar-refractivity contribution in [1.82, 2.24) is 20.4 Å². The van der Waals surface area contributed by atoms with Crippen molar-refractivity contribution in [2.24, 2.45) is 5.92 Å². The number of benzene rings is 2. The molecule has 2 heterocycles. The first-order valence-electron chi connectivity index (χ1n) is 15.4. The van der Waals surface area contributed by atoms with E-state index in [-0.39, 0.29) is 48.4 Å². The van der Waals surface area contributed by atoms with Crippen LogP contribution in [0.15, 0.2) is 53.7 Å². The molecule has 0 aromatic heterocycles. The summed E-state index contributed by atoms with van der Waals surface area (Å²) >= 11 is 0. The summed E-state index contributed by atoms with van der Waals surface area (Å²) in [5, 5.41) is 14.3. The Balaban J connectivity index is 1.19. The van der Waals surface area contributed by atoms with Crippen molar-refractivity contribution in [1.29, 1.82) is 0 Å². The average Bonchev–Trinajstić information content (AvgIpc) is 3.04. The SMILES string of the molecule is COCC1=C(C(=O)OC)[C@H](c2ccc(F)c(F)c2)N(C(=O)NCC2CN(C3CCC(c4ccccc4OCC(=O)O)CC3)C2)C(=O)N1. The number of carbonyl (C=O) groups excluding carboxylic acids is 3. The number of carboxylic acids is 1. The van der Waals surface area contributed by atoms with Gasteiger partial charge >= 0.3 is 24.0 Å². The topological polar surface area (TPSA) is 147 Å². The molecule has 3 N–H and O–H groups in total. The number of halogens is 2. The van der Waals surface area contributed by atoms with E-state index < -0.39 is 41.7 Å². The molecule has 2 aliphatic heterocycles. The number of amides is 4. The van der Waals surface area contributed by atoms with Gasteiger partial charge in [-0.25, -0.2) is 32.9 Å². The quantitative estimate of drug-likeness (QED) is 0.306. The lowest BCUT2D eigenvalue weighted by atomic mass is 9.79. The second-order valence-electron chi connectivity index (χ2n) is 11.9. The third-order valence-electron chi connectivity index (χ3n) is 8.96. The first-order valence-corrected chi connectivity index (χ1v) is 15.4. The number of carboxylic acid groups (broad SMARTS) is 1. The van der Waals surface area contributed by atoms with E-state index in [1.54, 1.807) is 6.07 Å². The fraction of sp³-hybridized carbons (Fsp3) is 0.455. The van der Waals surface area contributed by atoms with Crippen LogP contribution in [0.5, 0.6) is 5.75 Å². The smallest absolute Gasteiger partial charge is 0.341 e. The van der Waals surface area contributed by atoms with Gasteiger partial charge in [0, 0.05) is 38.7 Å². The molecule has 12 nitrogen and oxygen atoms in total. The maximum atomic E-state index is 14.3. The first-order chi connectivity index (χ1) is 22.6. The molecule has 0 unspecified atom stereocenters. The van der Waals surface area contributed by atoms with Gasteiger partial charge in [0.1, 0.15) is 11.8 Å². The molecule has 4 amide bonds. The number of ether oxygens (including phenoxy) is 3. The number of aliphatic carboxylic acids is 1. The van der Waals surface area contributed by atoms with Gasteiger partial charge < -0.3 is 30.0 Å². The largest absolute Gasteiger partial charge is 0.482 e. The fourth-order valence-electron chi connectivity index (χ4n) is 6.67. The zero-order valence-electron chi connectivity index (χ0n) is 26.2. The van der Waals surface area contributed by atoms with Crippen LogP contribution in [-0.4, -0.2) is 92.0 Å². The molecule has 252 valence electrons. The average molecular weight is 657 g/mol. The number of nitrogens with zero attached hydrogens (tertiary/aromatic N) is 2. The number of para-hydroxylation sites is 1. The Morgan fingerprint density at radius 3 is 2.40 bits per heavy atom. The predicted molar refractivity (Wildman–Crippen MR) is 163 cm³/mol. The normalized spacial score (nSPS) is 21.9. The van der Waals surface area contributed by atoms with Gasteiger partial charge in [0.05, 0.1) is 25.0 Å². The summed E-state index contributed by atoms with van der Waals surface area (Å²) in [4.78, 5) is 53.7. The van der Waals surface area contributed by atoms with E-state index in [1.165, 1.54) is 13.2 Å². The van der Waals surface area contributed by atoms with Crippen molar-refractivity contribution in [2.45, 2.75) is 43.7 Å². The van der Waals surface area contributed by atoms with E-state index in [0.717, 1.165) is 68.5 Å². The molecule has 2 aromatic rings. The summed E-state index contributed by atoms with van der Waals surface area (Å²) in [7, 11) is 2.49. The number of rotatable bonds is 11. The van der Waals surface area contributed by atoms with Crippen LogP contribution in [0.25, 0.3) is 0 Å². The van der Waals surface area contributed by atoms with Crippen molar-refractivity contribution in [3.63, 3.8) is 0 Å². The Morgan fingerprint density at radius 1 is 1.02 bits per heavy atom. The Labute approximate surface area is 270 Å². The second-order valence-corrected chi connectivity index (χ2v) is 11.9. The van der Waals surface area contributed by atoms with Gasteiger partial charge in [0.15, 0.2) is 18.2 Å². The van der Waals surface area contributed by atoms with Gasteiger partial charge in [-0.3, -0.25) is 4.90 Å². The van der Waals surface area contributed by atoms with Crippen LogP contribution < -0.4 is 15.4 Å². The number of esters is 1. The van der Waals surface area contributed by atoms with E-state index in [0.29, 0.717) is 11.8 Å². The standard InChI is InChI=1S/C33H38F2N4O8/c1-45-17-26-29(31(42)46-2)30(21-9-12-24(34)25(35)13-21)39(33(44)37-26)32(43)36-14-19-15-38(16-19)22-10-7-20(8-11-22)23-5-3-4-6-27(23)47-18-28(40)41/h3-6,9,12-13,19-20,22,30H,7-8,10-11,14-18H2,1-2H3,(H,36,43)(H,37,44)(H,40,41)/t20?,22?,30-/m0/s1. The zero-order chi connectivity index (χ0) is 33.7. The molecule has 47 heavy (non-hydrogen) atoms. The minimum atomic E-state index is -1.40. The lowest BCUT2D eigenvalue weighted by Crippen LogP contribution is -2.59. The number of carbonyl (C=O) groups is 4. The van der Waals surface area contributed by atoms with Crippen molar-refractivity contribution in [2.75, 3.05) is 47.1 Å². The van der Waals surface area contributed by atoms with E-state index >= 15 is 0 Å². The molecule has 1 saturated heterocycles. The highest BCUT2D eigenvalue weighted by Gasteiger charge is 2.44. The molecule has 14 heteroatoms. The summed E-state index contributed by atoms with van der Waals surface area (Å²) < 4.78 is 43.7. The van der Waals surface area contributed by atoms with Crippen molar-refractivity contribution < 1.29 is 47.3 Å². The third-order valence-corrected chi connectivity index (χ3v) is 8.96. The van der Waals surface area contributed by atoms with Crippen LogP contribution >= 0.6 is 0 Å². The van der Waals surface area contributed by atoms with Crippen molar-refractivity contribution in [3.8, 4) is 5.75 Å². The molecule has 0 spiro atoms. The second kappa shape index (κ2) is 14.9. The predicted octanol–water partition coefficient (Wildman–Crippen LogP) is 3.94. The molecular weight excluding hydrogens is 618 g/mol. The van der Waals surface area contributed by atoms with E-state index in [9.17, 15) is 28.0 Å². The van der Waals surface area contributed by atoms with Crippen molar-refractivity contribution in [3.05, 3.63) is 76.5 Å². The summed E-state index contributed by atoms with van der Waals surface area (Å²) in [6.07, 6.45) is 3.81. The van der Waals surface area contributed by atoms with E-state index in [4.69, 9.17) is 19.3 Å². The number of likely N-dealkylation sites (tertiary alicyclic amines) is 1. The summed E-state index contributed by atoms with van der Waals surface area (Å²) in [6, 6.07) is 7.78. The third kappa shape index (κ3) is 7.54. The summed E-state index contributed by atoms with van der Waals surface area (Å²) in [5.74, 6) is -3.21. The maximum absolute atomic E-state index is 14.3. The number of nitrogens with one attached hydrogen (secondary N) is 2. The van der Waals surface area contributed by atoms with Gasteiger partial charge in [-0.1, -0.05) is 24.3 Å². The Morgan fingerprint density at radius 2 is 1.74 bits per heavy atom. The van der Waals surface area contributed by atoms with Crippen LogP contribution in [0, 0.1) is 17.6 Å². The minimum Gasteiger partial charge on any atom is -0.482 e. The summed E-state index contributed by atoms with van der Waals surface area (Å²) in [6.45, 7) is 1.17. The van der Waals surface area contributed by atoms with Gasteiger partial charge in [-0.2, -0.15) is 0 Å². The van der Waals surface area contributed by atoms with E-state index in [2.05, 4.69) is 15.5 Å². The number of hydrogen-bond donors (Lipinski definition) is 3. The number of imide groups is 1. The molecule has 3 aliphatic rings. The van der Waals surface area contributed by atoms with Gasteiger partial charge in [0.25, 0.3) is 0 Å². The first kappa shape index (κ1) is 33.8. The van der Waals surface area contributed by atoms with E-state index in [1.807, 2.05) is 18.2 Å². The minimum absolute atomic E-state index is 0.00407. The van der Waals surface area contributed by atoms with Crippen LogP contribution in [0.4, 0.5) is 18.4 Å². The van der Waals surface area contributed by atoms with Gasteiger partial charge in [-0.15, -0.1) is 0 Å². The lowest BCUT2D eigenvalue weighted by Gasteiger charge is -2.47. The molecule has 1 saturated carbocycles. The molecule has 0 bridgehead atoms. The van der Waals surface area contributed by atoms with Crippen LogP contribution in [0.1, 0.15) is 48.8 Å². The molecule has 0 radical (unpaired) electrons. The van der Waals surface area contributed by atoms with Gasteiger partial charge in [-0.05, 0) is 60.9 Å². The maximum Gasteiger partial charge on any atom is 0.341 e. The van der Waals surface area contributed by atoms with Crippen LogP contribution in [0.2, 0.25) is 0 Å². The highest BCUT2D eigenvalue weighted by Crippen LogP contribution is 2.40. The molecule has 2 aromatic carbocycles. The number of methoxy groups -OCH3 is 2. The molecule has 1 aliphatic carbocycles. The fourth-order valence-corrected chi connectivity index (χ4v) is 6.67.